The maximum absolute atomic E-state index is 11.4. The fourth-order valence-electron chi connectivity index (χ4n) is 2.04. The highest BCUT2D eigenvalue weighted by Crippen LogP contribution is 2.29. The van der Waals surface area contributed by atoms with Crippen LogP contribution in [-0.4, -0.2) is 35.8 Å². The van der Waals surface area contributed by atoms with Crippen LogP contribution in [0.2, 0.25) is 0 Å². The molecule has 1 saturated heterocycles. The molecule has 1 aliphatic rings. The first-order valence-electron chi connectivity index (χ1n) is 6.31. The molecule has 1 fully saturated rings. The third kappa shape index (κ3) is 3.64. The summed E-state index contributed by atoms with van der Waals surface area (Å²) in [5.41, 5.74) is 0.463. The average molecular weight is 282 g/mol. The van der Waals surface area contributed by atoms with E-state index in [-0.39, 0.29) is 6.10 Å². The molecule has 0 radical (unpaired) electrons. The topological polar surface area (TPSA) is 55.8 Å². The van der Waals surface area contributed by atoms with Gasteiger partial charge in [0.05, 0.1) is 7.11 Å². The summed E-state index contributed by atoms with van der Waals surface area (Å²) in [7, 11) is 1.26. The van der Waals surface area contributed by atoms with Crippen molar-refractivity contribution in [3.8, 4) is 5.75 Å². The number of aliphatic hydroxyl groups excluding tert-OH is 1. The molecule has 1 aliphatic heterocycles. The molecule has 2 atom stereocenters. The Hall–Kier alpha value is -1.20. The molecule has 0 bridgehead atoms. The third-order valence-electron chi connectivity index (χ3n) is 3.05. The van der Waals surface area contributed by atoms with Crippen molar-refractivity contribution in [3.63, 3.8) is 0 Å². The van der Waals surface area contributed by atoms with Gasteiger partial charge in [0.2, 0.25) is 0 Å². The lowest BCUT2D eigenvalue weighted by Gasteiger charge is -2.24. The minimum atomic E-state index is -1.29. The van der Waals surface area contributed by atoms with Crippen molar-refractivity contribution in [2.75, 3.05) is 18.6 Å². The fourth-order valence-corrected chi connectivity index (χ4v) is 3.07. The van der Waals surface area contributed by atoms with Crippen molar-refractivity contribution in [1.29, 1.82) is 0 Å². The number of hydrogen-bond acceptors (Lipinski definition) is 5. The predicted octanol–water partition coefficient (Wildman–Crippen LogP) is 2.17. The molecule has 1 heterocycles. The van der Waals surface area contributed by atoms with Gasteiger partial charge in [-0.2, -0.15) is 11.8 Å². The van der Waals surface area contributed by atoms with Gasteiger partial charge in [-0.25, -0.2) is 4.79 Å². The zero-order valence-corrected chi connectivity index (χ0v) is 11.7. The molecule has 4 nitrogen and oxygen atoms in total. The molecule has 1 aromatic carbocycles. The normalized spacial score (nSPS) is 20.6. The van der Waals surface area contributed by atoms with E-state index in [1.807, 2.05) is 17.8 Å². The maximum Gasteiger partial charge on any atom is 0.339 e. The smallest absolute Gasteiger partial charge is 0.339 e. The molecule has 0 aromatic heterocycles. The van der Waals surface area contributed by atoms with Crippen LogP contribution in [0.5, 0.6) is 5.75 Å². The molecular formula is C14H18O4S. The molecule has 2 unspecified atom stereocenters. The summed E-state index contributed by atoms with van der Waals surface area (Å²) in [6.07, 6.45) is 0.995. The van der Waals surface area contributed by atoms with Crippen LogP contribution in [0.1, 0.15) is 24.5 Å². The Bertz CT molecular complexity index is 429. The van der Waals surface area contributed by atoms with Crippen molar-refractivity contribution in [2.45, 2.75) is 25.0 Å². The highest BCUT2D eigenvalue weighted by molar-refractivity contribution is 7.99. The number of aliphatic hydroxyl groups is 1. The molecule has 0 amide bonds. The summed E-state index contributed by atoms with van der Waals surface area (Å²) in [6.45, 7) is 0. The largest absolute Gasteiger partial charge is 0.489 e. The number of rotatable bonds is 4. The van der Waals surface area contributed by atoms with Gasteiger partial charge in [0.1, 0.15) is 11.9 Å². The Kier molecular flexibility index (Phi) is 5.10. The second-order valence-corrected chi connectivity index (χ2v) is 5.57. The average Bonchev–Trinajstić information content (AvgIpc) is 2.47. The second-order valence-electron chi connectivity index (χ2n) is 4.42. The summed E-state index contributed by atoms with van der Waals surface area (Å²) >= 11 is 1.87. The van der Waals surface area contributed by atoms with E-state index in [1.54, 1.807) is 18.2 Å². The Morgan fingerprint density at radius 1 is 1.47 bits per heavy atom. The summed E-state index contributed by atoms with van der Waals surface area (Å²) in [6, 6.07) is 7.07. The van der Waals surface area contributed by atoms with Crippen LogP contribution in [0.3, 0.4) is 0 Å². The first kappa shape index (κ1) is 14.2. The Morgan fingerprint density at radius 2 is 2.26 bits per heavy atom. The van der Waals surface area contributed by atoms with Crippen LogP contribution >= 0.6 is 11.8 Å². The molecule has 1 aromatic rings. The van der Waals surface area contributed by atoms with Gasteiger partial charge >= 0.3 is 5.97 Å². The summed E-state index contributed by atoms with van der Waals surface area (Å²) in [5, 5.41) is 9.94. The van der Waals surface area contributed by atoms with E-state index >= 15 is 0 Å². The number of carbonyl (C=O) groups excluding carboxylic acids is 1. The van der Waals surface area contributed by atoms with E-state index < -0.39 is 12.1 Å². The second kappa shape index (κ2) is 6.82. The van der Waals surface area contributed by atoms with Crippen LogP contribution in [0.25, 0.3) is 0 Å². The standard InChI is InChI=1S/C14H18O4S/c1-17-14(16)13(15)11-6-2-3-7-12(11)18-10-5-4-8-19-9-10/h2-3,6-7,10,13,15H,4-5,8-9H2,1H3. The number of hydrogen-bond donors (Lipinski definition) is 1. The van der Waals surface area contributed by atoms with Gasteiger partial charge in [-0.3, -0.25) is 0 Å². The molecule has 104 valence electrons. The highest BCUT2D eigenvalue weighted by Gasteiger charge is 2.23. The maximum atomic E-state index is 11.4. The van der Waals surface area contributed by atoms with Gasteiger partial charge in [-0.1, -0.05) is 18.2 Å². The minimum absolute atomic E-state index is 0.143. The van der Waals surface area contributed by atoms with E-state index in [1.165, 1.54) is 12.9 Å². The molecule has 0 saturated carbocycles. The van der Waals surface area contributed by atoms with Gasteiger partial charge in [-0.15, -0.1) is 0 Å². The number of thioether (sulfide) groups is 1. The molecule has 19 heavy (non-hydrogen) atoms. The van der Waals surface area contributed by atoms with Crippen LogP contribution in [-0.2, 0) is 9.53 Å². The lowest BCUT2D eigenvalue weighted by Crippen LogP contribution is -2.24. The molecule has 0 spiro atoms. The molecule has 5 heteroatoms. The summed E-state index contributed by atoms with van der Waals surface area (Å²) in [5.74, 6) is 2.01. The first-order valence-corrected chi connectivity index (χ1v) is 7.47. The van der Waals surface area contributed by atoms with Gasteiger partial charge in [0.25, 0.3) is 0 Å². The van der Waals surface area contributed by atoms with Gasteiger partial charge < -0.3 is 14.6 Å². The van der Waals surface area contributed by atoms with E-state index in [4.69, 9.17) is 4.74 Å². The number of carbonyl (C=O) groups is 1. The quantitative estimate of drug-likeness (QED) is 0.858. The van der Waals surface area contributed by atoms with Gasteiger partial charge in [0, 0.05) is 11.3 Å². The highest BCUT2D eigenvalue weighted by atomic mass is 32.2. The molecule has 0 aliphatic carbocycles. The number of methoxy groups -OCH3 is 1. The Morgan fingerprint density at radius 3 is 2.95 bits per heavy atom. The molecular weight excluding hydrogens is 264 g/mol. The SMILES string of the molecule is COC(=O)C(O)c1ccccc1OC1CCCSC1. The van der Waals surface area contributed by atoms with Crippen LogP contribution in [0.4, 0.5) is 0 Å². The monoisotopic (exact) mass is 282 g/mol. The first-order chi connectivity index (χ1) is 9.22. The number of benzene rings is 1. The third-order valence-corrected chi connectivity index (χ3v) is 4.24. The number of ether oxygens (including phenoxy) is 2. The molecule has 1 N–H and O–H groups in total. The van der Waals surface area contributed by atoms with Crippen LogP contribution in [0, 0.1) is 0 Å². The van der Waals surface area contributed by atoms with Gasteiger partial charge in [-0.05, 0) is 24.7 Å². The van der Waals surface area contributed by atoms with Crippen LogP contribution in [0.15, 0.2) is 24.3 Å². The van der Waals surface area contributed by atoms with Crippen molar-refractivity contribution >= 4 is 17.7 Å². The van der Waals surface area contributed by atoms with Crippen molar-refractivity contribution in [1.82, 2.24) is 0 Å². The van der Waals surface area contributed by atoms with E-state index in [9.17, 15) is 9.90 Å². The fraction of sp³-hybridized carbons (Fsp3) is 0.500. The zero-order chi connectivity index (χ0) is 13.7. The van der Waals surface area contributed by atoms with Crippen LogP contribution < -0.4 is 4.74 Å². The summed E-state index contributed by atoms with van der Waals surface area (Å²) < 4.78 is 10.5. The van der Waals surface area contributed by atoms with E-state index in [0.717, 1.165) is 18.6 Å². The lowest BCUT2D eigenvalue weighted by molar-refractivity contribution is -0.150. The zero-order valence-electron chi connectivity index (χ0n) is 10.9. The Labute approximate surface area is 117 Å². The van der Waals surface area contributed by atoms with E-state index in [2.05, 4.69) is 4.74 Å². The summed E-state index contributed by atoms with van der Waals surface area (Å²) in [4.78, 5) is 11.4. The molecule has 2 rings (SSSR count). The minimum Gasteiger partial charge on any atom is -0.489 e. The van der Waals surface area contributed by atoms with Crippen molar-refractivity contribution in [2.24, 2.45) is 0 Å². The number of para-hydroxylation sites is 1. The van der Waals surface area contributed by atoms with E-state index in [0.29, 0.717) is 11.3 Å². The predicted molar refractivity (Wildman–Crippen MR) is 74.4 cm³/mol. The van der Waals surface area contributed by atoms with Crippen molar-refractivity contribution in [3.05, 3.63) is 29.8 Å². The lowest BCUT2D eigenvalue weighted by atomic mass is 10.1. The number of esters is 1. The van der Waals surface area contributed by atoms with Gasteiger partial charge in [0.15, 0.2) is 6.10 Å². The Balaban J connectivity index is 2.13. The van der Waals surface area contributed by atoms with Crippen molar-refractivity contribution < 1.29 is 19.4 Å².